The van der Waals surface area contributed by atoms with E-state index in [2.05, 4.69) is 37.3 Å². The molecule has 0 unspecified atom stereocenters. The first-order valence-corrected chi connectivity index (χ1v) is 8.08. The summed E-state index contributed by atoms with van der Waals surface area (Å²) >= 11 is 0. The van der Waals surface area contributed by atoms with Crippen molar-refractivity contribution in [1.29, 1.82) is 5.26 Å². The van der Waals surface area contributed by atoms with E-state index < -0.39 is 0 Å². The summed E-state index contributed by atoms with van der Waals surface area (Å²) in [5.74, 6) is 0. The molecule has 0 spiro atoms. The minimum atomic E-state index is 0.574. The molecular formula is C22H17NO. The Morgan fingerprint density at radius 1 is 0.792 bits per heavy atom. The van der Waals surface area contributed by atoms with Crippen molar-refractivity contribution < 1.29 is 4.74 Å². The van der Waals surface area contributed by atoms with Gasteiger partial charge in [0.1, 0.15) is 6.07 Å². The van der Waals surface area contributed by atoms with Crippen LogP contribution in [0, 0.1) is 18.3 Å². The fraction of sp³-hybridized carbons (Fsp3) is 0.136. The number of nitrogens with zero attached hydrogens (tertiary/aromatic N) is 1. The maximum absolute atomic E-state index is 9.99. The maximum atomic E-state index is 9.99. The van der Waals surface area contributed by atoms with Gasteiger partial charge in [-0.2, -0.15) is 5.26 Å². The van der Waals surface area contributed by atoms with E-state index >= 15 is 0 Å². The van der Waals surface area contributed by atoms with Gasteiger partial charge < -0.3 is 4.74 Å². The summed E-state index contributed by atoms with van der Waals surface area (Å²) in [5.41, 5.74) is 8.50. The Labute approximate surface area is 142 Å². The van der Waals surface area contributed by atoms with Crippen molar-refractivity contribution >= 4 is 0 Å². The molecular weight excluding hydrogens is 294 g/mol. The topological polar surface area (TPSA) is 33.0 Å². The minimum absolute atomic E-state index is 0.574. The average Bonchev–Trinajstić information content (AvgIpc) is 3.12. The fourth-order valence-corrected chi connectivity index (χ4v) is 3.60. The molecule has 3 aromatic carbocycles. The van der Waals surface area contributed by atoms with Gasteiger partial charge in [0.05, 0.1) is 18.8 Å². The molecule has 1 aliphatic rings. The molecule has 1 heterocycles. The minimum Gasteiger partial charge on any atom is -0.372 e. The van der Waals surface area contributed by atoms with Crippen LogP contribution in [-0.2, 0) is 18.0 Å². The molecule has 0 bridgehead atoms. The summed E-state index contributed by atoms with van der Waals surface area (Å²) in [6.45, 7) is 3.29. The van der Waals surface area contributed by atoms with Gasteiger partial charge in [0, 0.05) is 11.1 Å². The monoisotopic (exact) mass is 311 g/mol. The Kier molecular flexibility index (Phi) is 3.65. The van der Waals surface area contributed by atoms with Crippen LogP contribution < -0.4 is 0 Å². The lowest BCUT2D eigenvalue weighted by Gasteiger charge is -2.18. The quantitative estimate of drug-likeness (QED) is 0.649. The molecule has 0 saturated carbocycles. The molecule has 0 saturated heterocycles. The zero-order chi connectivity index (χ0) is 16.5. The summed E-state index contributed by atoms with van der Waals surface area (Å²) in [5, 5.41) is 9.99. The van der Waals surface area contributed by atoms with E-state index in [4.69, 9.17) is 4.74 Å². The van der Waals surface area contributed by atoms with Gasteiger partial charge in [-0.25, -0.2) is 0 Å². The van der Waals surface area contributed by atoms with Crippen LogP contribution in [0.15, 0.2) is 60.7 Å². The predicted molar refractivity (Wildman–Crippen MR) is 95.3 cm³/mol. The molecule has 0 amide bonds. The number of benzene rings is 3. The lowest BCUT2D eigenvalue weighted by atomic mass is 9.83. The maximum Gasteiger partial charge on any atom is 0.100 e. The van der Waals surface area contributed by atoms with Gasteiger partial charge in [-0.3, -0.25) is 0 Å². The fourth-order valence-electron chi connectivity index (χ4n) is 3.60. The van der Waals surface area contributed by atoms with Crippen molar-refractivity contribution in [3.63, 3.8) is 0 Å². The second-order valence-electron chi connectivity index (χ2n) is 6.04. The van der Waals surface area contributed by atoms with Crippen LogP contribution in [0.3, 0.4) is 0 Å². The van der Waals surface area contributed by atoms with Crippen LogP contribution in [0.1, 0.15) is 22.3 Å². The summed E-state index contributed by atoms with van der Waals surface area (Å²) < 4.78 is 5.74. The Bertz CT molecular complexity index is 937. The third-order valence-corrected chi connectivity index (χ3v) is 4.72. The molecule has 0 radical (unpaired) electrons. The normalized spacial score (nSPS) is 12.7. The van der Waals surface area contributed by atoms with Gasteiger partial charge in [-0.05, 0) is 34.7 Å². The second kappa shape index (κ2) is 5.96. The summed E-state index contributed by atoms with van der Waals surface area (Å²) in [6, 6.07) is 22.8. The first-order valence-electron chi connectivity index (χ1n) is 8.08. The molecule has 0 fully saturated rings. The van der Waals surface area contributed by atoms with Crippen LogP contribution in [0.4, 0.5) is 0 Å². The van der Waals surface area contributed by atoms with Gasteiger partial charge in [-0.1, -0.05) is 60.7 Å². The van der Waals surface area contributed by atoms with Crippen molar-refractivity contribution in [1.82, 2.24) is 0 Å². The zero-order valence-corrected chi connectivity index (χ0v) is 13.5. The standard InChI is InChI=1S/C22H17NO/c1-15-19-13-24-14-20(19)22(17-10-6-3-7-11-17)18(12-23)21(15)16-8-4-2-5-9-16/h2-11H,13-14H2,1H3. The largest absolute Gasteiger partial charge is 0.372 e. The number of rotatable bonds is 2. The SMILES string of the molecule is Cc1c2c(c(-c3ccccc3)c(C#N)c1-c1ccccc1)COC2. The van der Waals surface area contributed by atoms with Crippen LogP contribution >= 0.6 is 0 Å². The van der Waals surface area contributed by atoms with Gasteiger partial charge in [-0.15, -0.1) is 0 Å². The molecule has 1 aliphatic heterocycles. The van der Waals surface area contributed by atoms with E-state index in [9.17, 15) is 5.26 Å². The third-order valence-electron chi connectivity index (χ3n) is 4.72. The van der Waals surface area contributed by atoms with E-state index in [1.165, 1.54) is 5.56 Å². The number of fused-ring (bicyclic) bond motifs is 1. The Morgan fingerprint density at radius 2 is 1.33 bits per heavy atom. The lowest BCUT2D eigenvalue weighted by molar-refractivity contribution is 0.134. The van der Waals surface area contributed by atoms with E-state index in [0.29, 0.717) is 13.2 Å². The van der Waals surface area contributed by atoms with Crippen LogP contribution in [-0.4, -0.2) is 0 Å². The van der Waals surface area contributed by atoms with Crippen LogP contribution in [0.2, 0.25) is 0 Å². The summed E-state index contributed by atoms with van der Waals surface area (Å²) in [4.78, 5) is 0. The van der Waals surface area contributed by atoms with Gasteiger partial charge in [0.2, 0.25) is 0 Å². The lowest BCUT2D eigenvalue weighted by Crippen LogP contribution is -2.01. The number of ether oxygens (including phenoxy) is 1. The summed E-state index contributed by atoms with van der Waals surface area (Å²) in [7, 11) is 0. The predicted octanol–water partition coefficient (Wildman–Crippen LogP) is 5.23. The smallest absolute Gasteiger partial charge is 0.100 e. The van der Waals surface area contributed by atoms with E-state index in [1.54, 1.807) is 0 Å². The number of hydrogen-bond donors (Lipinski definition) is 0. The average molecular weight is 311 g/mol. The van der Waals surface area contributed by atoms with Crippen molar-refractivity contribution in [3.05, 3.63) is 82.9 Å². The van der Waals surface area contributed by atoms with Crippen LogP contribution in [0.25, 0.3) is 22.3 Å². The number of hydrogen-bond acceptors (Lipinski definition) is 2. The number of nitriles is 1. The Balaban J connectivity index is 2.12. The van der Waals surface area contributed by atoms with Crippen molar-refractivity contribution in [2.45, 2.75) is 20.1 Å². The van der Waals surface area contributed by atoms with E-state index in [-0.39, 0.29) is 0 Å². The Hall–Kier alpha value is -2.89. The third kappa shape index (κ3) is 2.22. The molecule has 2 heteroatoms. The van der Waals surface area contributed by atoms with Crippen molar-refractivity contribution in [3.8, 4) is 28.3 Å². The molecule has 3 aromatic rings. The Morgan fingerprint density at radius 3 is 1.92 bits per heavy atom. The molecule has 0 aliphatic carbocycles. The molecule has 24 heavy (non-hydrogen) atoms. The van der Waals surface area contributed by atoms with Gasteiger partial charge in [0.15, 0.2) is 0 Å². The first-order chi connectivity index (χ1) is 11.8. The highest BCUT2D eigenvalue weighted by Gasteiger charge is 2.26. The van der Waals surface area contributed by atoms with Crippen molar-refractivity contribution in [2.75, 3.05) is 0 Å². The second-order valence-corrected chi connectivity index (χ2v) is 6.04. The summed E-state index contributed by atoms with van der Waals surface area (Å²) in [6.07, 6.45) is 0. The first kappa shape index (κ1) is 14.7. The molecule has 116 valence electrons. The highest BCUT2D eigenvalue weighted by atomic mass is 16.5. The van der Waals surface area contributed by atoms with Gasteiger partial charge in [0.25, 0.3) is 0 Å². The van der Waals surface area contributed by atoms with Crippen LogP contribution in [0.5, 0.6) is 0 Å². The van der Waals surface area contributed by atoms with Gasteiger partial charge >= 0.3 is 0 Å². The van der Waals surface area contributed by atoms with E-state index in [0.717, 1.165) is 38.9 Å². The molecule has 0 N–H and O–H groups in total. The van der Waals surface area contributed by atoms with E-state index in [1.807, 2.05) is 36.4 Å². The zero-order valence-electron chi connectivity index (χ0n) is 13.5. The highest BCUT2D eigenvalue weighted by Crippen LogP contribution is 2.42. The highest BCUT2D eigenvalue weighted by molar-refractivity contribution is 5.87. The molecule has 4 rings (SSSR count). The molecule has 2 nitrogen and oxygen atoms in total. The molecule has 0 aromatic heterocycles. The molecule has 0 atom stereocenters. The van der Waals surface area contributed by atoms with Crippen molar-refractivity contribution in [2.24, 2.45) is 0 Å².